The molecular formula is C16H28N4. The minimum Gasteiger partial charge on any atom is -0.307 e. The summed E-state index contributed by atoms with van der Waals surface area (Å²) in [6.45, 7) is 8.89. The zero-order valence-corrected chi connectivity index (χ0v) is 12.9. The van der Waals surface area contributed by atoms with Gasteiger partial charge >= 0.3 is 0 Å². The highest BCUT2D eigenvalue weighted by molar-refractivity contribution is 5.11. The largest absolute Gasteiger partial charge is 0.307 e. The molecule has 2 atom stereocenters. The third-order valence-electron chi connectivity index (χ3n) is 4.98. The molecule has 1 aromatic heterocycles. The standard InChI is InChI=1S/C16H28N4/c1-3-13-11-14(20(4-2)18-13)12-17-15-8-10-19-9-6-5-7-16(15)19/h11,15-17H,3-10,12H2,1-2H3. The highest BCUT2D eigenvalue weighted by Crippen LogP contribution is 2.27. The molecule has 2 saturated heterocycles. The lowest BCUT2D eigenvalue weighted by atomic mass is 9.99. The molecule has 3 rings (SSSR count). The Balaban J connectivity index is 1.60. The summed E-state index contributed by atoms with van der Waals surface area (Å²) in [5.41, 5.74) is 2.56. The molecule has 2 unspecified atom stereocenters. The molecule has 1 aromatic rings. The van der Waals surface area contributed by atoms with Crippen molar-refractivity contribution in [2.45, 2.75) is 71.1 Å². The van der Waals surface area contributed by atoms with Crippen LogP contribution >= 0.6 is 0 Å². The molecule has 1 N–H and O–H groups in total. The number of aromatic nitrogens is 2. The van der Waals surface area contributed by atoms with Gasteiger partial charge in [-0.25, -0.2) is 0 Å². The molecule has 0 aromatic carbocycles. The normalized spacial score (nSPS) is 26.9. The smallest absolute Gasteiger partial charge is 0.0625 e. The molecular weight excluding hydrogens is 248 g/mol. The lowest BCUT2D eigenvalue weighted by Crippen LogP contribution is -2.44. The van der Waals surface area contributed by atoms with Gasteiger partial charge in [-0.2, -0.15) is 5.10 Å². The molecule has 0 saturated carbocycles. The SMILES string of the molecule is CCc1cc(CNC2CCN3CCCCC23)n(CC)n1. The van der Waals surface area contributed by atoms with Gasteiger partial charge in [0, 0.05) is 31.7 Å². The summed E-state index contributed by atoms with van der Waals surface area (Å²) in [5, 5.41) is 8.45. The predicted molar refractivity (Wildman–Crippen MR) is 81.7 cm³/mol. The summed E-state index contributed by atoms with van der Waals surface area (Å²) >= 11 is 0. The van der Waals surface area contributed by atoms with Crippen molar-refractivity contribution in [1.29, 1.82) is 0 Å². The molecule has 3 heterocycles. The quantitative estimate of drug-likeness (QED) is 0.895. The second-order valence-corrected chi connectivity index (χ2v) is 6.17. The number of hydrogen-bond donors (Lipinski definition) is 1. The van der Waals surface area contributed by atoms with Crippen LogP contribution in [0.1, 0.15) is 50.9 Å². The zero-order valence-electron chi connectivity index (χ0n) is 12.9. The van der Waals surface area contributed by atoms with Crippen LogP contribution in [0.15, 0.2) is 6.07 Å². The van der Waals surface area contributed by atoms with Crippen LogP contribution in [-0.2, 0) is 19.5 Å². The van der Waals surface area contributed by atoms with Crippen LogP contribution in [-0.4, -0.2) is 39.9 Å². The Morgan fingerprint density at radius 1 is 1.25 bits per heavy atom. The van der Waals surface area contributed by atoms with Gasteiger partial charge in [-0.1, -0.05) is 13.3 Å². The van der Waals surface area contributed by atoms with Crippen LogP contribution in [0.5, 0.6) is 0 Å². The van der Waals surface area contributed by atoms with Crippen LogP contribution in [0, 0.1) is 0 Å². The average molecular weight is 276 g/mol. The number of nitrogens with zero attached hydrogens (tertiary/aromatic N) is 3. The first-order valence-corrected chi connectivity index (χ1v) is 8.34. The van der Waals surface area contributed by atoms with Crippen molar-refractivity contribution in [3.05, 3.63) is 17.5 Å². The number of fused-ring (bicyclic) bond motifs is 1. The number of rotatable bonds is 5. The molecule has 0 bridgehead atoms. The van der Waals surface area contributed by atoms with E-state index in [0.717, 1.165) is 25.6 Å². The van der Waals surface area contributed by atoms with Gasteiger partial charge in [-0.15, -0.1) is 0 Å². The molecule has 0 spiro atoms. The Kier molecular flexibility index (Phi) is 4.41. The predicted octanol–water partition coefficient (Wildman–Crippen LogP) is 2.18. The summed E-state index contributed by atoms with van der Waals surface area (Å²) in [5.74, 6) is 0. The Morgan fingerprint density at radius 3 is 2.95 bits per heavy atom. The van der Waals surface area contributed by atoms with E-state index >= 15 is 0 Å². The topological polar surface area (TPSA) is 33.1 Å². The number of aryl methyl sites for hydroxylation is 2. The Bertz CT molecular complexity index is 440. The molecule has 2 aliphatic heterocycles. The fourth-order valence-electron chi connectivity index (χ4n) is 3.82. The number of hydrogen-bond acceptors (Lipinski definition) is 3. The van der Waals surface area contributed by atoms with E-state index < -0.39 is 0 Å². The van der Waals surface area contributed by atoms with Gasteiger partial charge in [-0.05, 0) is 45.2 Å². The molecule has 2 aliphatic rings. The maximum Gasteiger partial charge on any atom is 0.0625 e. The average Bonchev–Trinajstić information content (AvgIpc) is 3.08. The Hall–Kier alpha value is -0.870. The van der Waals surface area contributed by atoms with Gasteiger partial charge in [0.25, 0.3) is 0 Å². The van der Waals surface area contributed by atoms with Gasteiger partial charge in [-0.3, -0.25) is 9.58 Å². The van der Waals surface area contributed by atoms with Crippen molar-refractivity contribution in [3.8, 4) is 0 Å². The molecule has 0 radical (unpaired) electrons. The lowest BCUT2D eigenvalue weighted by molar-refractivity contribution is 0.180. The molecule has 2 fully saturated rings. The molecule has 0 amide bonds. The zero-order chi connectivity index (χ0) is 13.9. The van der Waals surface area contributed by atoms with Crippen molar-refractivity contribution < 1.29 is 0 Å². The maximum atomic E-state index is 4.64. The van der Waals surface area contributed by atoms with Gasteiger partial charge in [0.15, 0.2) is 0 Å². The van der Waals surface area contributed by atoms with Crippen molar-refractivity contribution in [3.63, 3.8) is 0 Å². The third-order valence-corrected chi connectivity index (χ3v) is 4.98. The fraction of sp³-hybridized carbons (Fsp3) is 0.812. The van der Waals surface area contributed by atoms with Crippen molar-refractivity contribution >= 4 is 0 Å². The number of piperidine rings is 1. The lowest BCUT2D eigenvalue weighted by Gasteiger charge is -2.32. The van der Waals surface area contributed by atoms with E-state index in [0.29, 0.717) is 6.04 Å². The maximum absolute atomic E-state index is 4.64. The Labute approximate surface area is 122 Å². The summed E-state index contributed by atoms with van der Waals surface area (Å²) in [4.78, 5) is 2.69. The fourth-order valence-corrected chi connectivity index (χ4v) is 3.82. The van der Waals surface area contributed by atoms with Crippen LogP contribution in [0.4, 0.5) is 0 Å². The van der Waals surface area contributed by atoms with Crippen LogP contribution in [0.25, 0.3) is 0 Å². The minimum atomic E-state index is 0.681. The first-order valence-electron chi connectivity index (χ1n) is 8.34. The van der Waals surface area contributed by atoms with E-state index in [1.807, 2.05) is 0 Å². The summed E-state index contributed by atoms with van der Waals surface area (Å²) in [6, 6.07) is 3.73. The molecule has 0 aliphatic carbocycles. The molecule has 112 valence electrons. The van der Waals surface area contributed by atoms with Gasteiger partial charge in [0.1, 0.15) is 0 Å². The summed E-state index contributed by atoms with van der Waals surface area (Å²) in [7, 11) is 0. The van der Waals surface area contributed by atoms with E-state index in [1.54, 1.807) is 0 Å². The second kappa shape index (κ2) is 6.27. The molecule has 4 heteroatoms. The first-order chi connectivity index (χ1) is 9.81. The number of nitrogens with one attached hydrogen (secondary N) is 1. The first kappa shape index (κ1) is 14.1. The van der Waals surface area contributed by atoms with Crippen molar-refractivity contribution in [1.82, 2.24) is 20.0 Å². The summed E-state index contributed by atoms with van der Waals surface area (Å²) < 4.78 is 2.15. The van der Waals surface area contributed by atoms with E-state index in [1.165, 1.54) is 50.2 Å². The Morgan fingerprint density at radius 2 is 2.15 bits per heavy atom. The van der Waals surface area contributed by atoms with E-state index in [2.05, 4.69) is 39.9 Å². The summed E-state index contributed by atoms with van der Waals surface area (Å²) in [6.07, 6.45) is 6.52. The highest BCUT2D eigenvalue weighted by atomic mass is 15.3. The molecule has 20 heavy (non-hydrogen) atoms. The van der Waals surface area contributed by atoms with Crippen LogP contribution in [0.2, 0.25) is 0 Å². The minimum absolute atomic E-state index is 0.681. The third kappa shape index (κ3) is 2.77. The van der Waals surface area contributed by atoms with Gasteiger partial charge < -0.3 is 5.32 Å². The van der Waals surface area contributed by atoms with E-state index in [-0.39, 0.29) is 0 Å². The van der Waals surface area contributed by atoms with Crippen molar-refractivity contribution in [2.75, 3.05) is 13.1 Å². The van der Waals surface area contributed by atoms with Gasteiger partial charge in [0.05, 0.1) is 11.4 Å². The second-order valence-electron chi connectivity index (χ2n) is 6.17. The van der Waals surface area contributed by atoms with E-state index in [9.17, 15) is 0 Å². The highest BCUT2D eigenvalue weighted by Gasteiger charge is 2.35. The van der Waals surface area contributed by atoms with Crippen LogP contribution < -0.4 is 5.32 Å². The molecule has 4 nitrogen and oxygen atoms in total. The van der Waals surface area contributed by atoms with Crippen LogP contribution in [0.3, 0.4) is 0 Å². The van der Waals surface area contributed by atoms with E-state index in [4.69, 9.17) is 0 Å². The van der Waals surface area contributed by atoms with Crippen molar-refractivity contribution in [2.24, 2.45) is 0 Å². The monoisotopic (exact) mass is 276 g/mol. The van der Waals surface area contributed by atoms with Gasteiger partial charge in [0.2, 0.25) is 0 Å².